The molecule has 0 N–H and O–H groups in total. The highest BCUT2D eigenvalue weighted by molar-refractivity contribution is 5.31. The summed E-state index contributed by atoms with van der Waals surface area (Å²) >= 11 is 0. The lowest BCUT2D eigenvalue weighted by Gasteiger charge is -2.24. The summed E-state index contributed by atoms with van der Waals surface area (Å²) in [5, 5.41) is 0. The van der Waals surface area contributed by atoms with Crippen LogP contribution in [-0.4, -0.2) is 18.0 Å². The molecule has 0 fully saturated rings. The summed E-state index contributed by atoms with van der Waals surface area (Å²) in [5.74, 6) is 0. The molecule has 17 heavy (non-hydrogen) atoms. The van der Waals surface area contributed by atoms with E-state index >= 15 is 0 Å². The average molecular weight is 231 g/mol. The highest BCUT2D eigenvalue weighted by Crippen LogP contribution is 2.14. The molecule has 0 saturated carbocycles. The largest absolute Gasteiger partial charge is 0.371 e. The van der Waals surface area contributed by atoms with Crippen LogP contribution in [0.25, 0.3) is 0 Å². The summed E-state index contributed by atoms with van der Waals surface area (Å²) in [4.78, 5) is 2.42. The minimum absolute atomic E-state index is 1.01. The quantitative estimate of drug-likeness (QED) is 0.675. The lowest BCUT2D eigenvalue weighted by atomic mass is 10.2. The standard InChI is InChI=1S/C16H25N/c1-5-8-15(4)17(6-2)13-16-10-7-9-14(3)11-12-16/h7-8,10-12H,5-6,9,13H2,1-4H3. The van der Waals surface area contributed by atoms with Crippen LogP contribution in [0.5, 0.6) is 0 Å². The lowest BCUT2D eigenvalue weighted by Crippen LogP contribution is -2.23. The highest BCUT2D eigenvalue weighted by atomic mass is 15.1. The highest BCUT2D eigenvalue weighted by Gasteiger charge is 2.05. The third kappa shape index (κ3) is 4.64. The van der Waals surface area contributed by atoms with Crippen LogP contribution in [0.15, 0.2) is 47.2 Å². The van der Waals surface area contributed by atoms with Crippen molar-refractivity contribution in [2.24, 2.45) is 0 Å². The van der Waals surface area contributed by atoms with Gasteiger partial charge in [-0.1, -0.05) is 42.9 Å². The van der Waals surface area contributed by atoms with Gasteiger partial charge in [-0.05, 0) is 39.2 Å². The Hall–Kier alpha value is -1.24. The molecule has 0 atom stereocenters. The topological polar surface area (TPSA) is 3.24 Å². The van der Waals surface area contributed by atoms with Gasteiger partial charge in [-0.25, -0.2) is 0 Å². The number of hydrogen-bond donors (Lipinski definition) is 0. The third-order valence-corrected chi connectivity index (χ3v) is 3.11. The molecule has 0 unspecified atom stereocenters. The first-order chi connectivity index (χ1) is 8.17. The van der Waals surface area contributed by atoms with Crippen molar-refractivity contribution in [3.63, 3.8) is 0 Å². The zero-order chi connectivity index (χ0) is 12.7. The van der Waals surface area contributed by atoms with E-state index in [2.05, 4.69) is 63.0 Å². The monoisotopic (exact) mass is 231 g/mol. The third-order valence-electron chi connectivity index (χ3n) is 3.11. The molecule has 1 nitrogen and oxygen atoms in total. The Morgan fingerprint density at radius 1 is 1.35 bits per heavy atom. The Balaban J connectivity index is 2.72. The Morgan fingerprint density at radius 2 is 2.12 bits per heavy atom. The molecule has 0 saturated heterocycles. The van der Waals surface area contributed by atoms with Gasteiger partial charge >= 0.3 is 0 Å². The van der Waals surface area contributed by atoms with Crippen molar-refractivity contribution < 1.29 is 0 Å². The van der Waals surface area contributed by atoms with E-state index < -0.39 is 0 Å². The Bertz CT molecular complexity index is 356. The summed E-state index contributed by atoms with van der Waals surface area (Å²) in [5.41, 5.74) is 4.21. The van der Waals surface area contributed by atoms with Crippen LogP contribution in [0.1, 0.15) is 40.5 Å². The molecular weight excluding hydrogens is 206 g/mol. The first-order valence-electron chi connectivity index (χ1n) is 6.62. The van der Waals surface area contributed by atoms with Crippen molar-refractivity contribution in [3.05, 3.63) is 47.2 Å². The van der Waals surface area contributed by atoms with Crippen molar-refractivity contribution in [2.45, 2.75) is 40.5 Å². The molecule has 0 spiro atoms. The van der Waals surface area contributed by atoms with Gasteiger partial charge < -0.3 is 4.90 Å². The van der Waals surface area contributed by atoms with E-state index in [-0.39, 0.29) is 0 Å². The number of rotatable bonds is 5. The zero-order valence-electron chi connectivity index (χ0n) is 11.7. The van der Waals surface area contributed by atoms with Gasteiger partial charge in [0, 0.05) is 18.8 Å². The summed E-state index contributed by atoms with van der Waals surface area (Å²) < 4.78 is 0. The van der Waals surface area contributed by atoms with E-state index in [1.54, 1.807) is 0 Å². The van der Waals surface area contributed by atoms with E-state index in [9.17, 15) is 0 Å². The minimum Gasteiger partial charge on any atom is -0.371 e. The van der Waals surface area contributed by atoms with Gasteiger partial charge in [0.1, 0.15) is 0 Å². The van der Waals surface area contributed by atoms with Crippen LogP contribution >= 0.6 is 0 Å². The molecule has 0 heterocycles. The molecule has 1 aliphatic carbocycles. The molecule has 0 bridgehead atoms. The molecule has 1 aliphatic rings. The van der Waals surface area contributed by atoms with Gasteiger partial charge in [0.05, 0.1) is 0 Å². The fourth-order valence-corrected chi connectivity index (χ4v) is 2.01. The summed E-state index contributed by atoms with van der Waals surface area (Å²) in [6.07, 6.45) is 13.5. The van der Waals surface area contributed by atoms with Crippen molar-refractivity contribution in [1.29, 1.82) is 0 Å². The molecule has 0 radical (unpaired) electrons. The average Bonchev–Trinajstić information content (AvgIpc) is 2.51. The predicted octanol–water partition coefficient (Wildman–Crippen LogP) is 4.45. The van der Waals surface area contributed by atoms with E-state index in [0.29, 0.717) is 0 Å². The molecule has 0 amide bonds. The Labute approximate surface area is 106 Å². The number of likely N-dealkylation sites (N-methyl/N-ethyl adjacent to an activating group) is 1. The summed E-state index contributed by atoms with van der Waals surface area (Å²) in [6, 6.07) is 0. The second-order valence-corrected chi connectivity index (χ2v) is 4.63. The van der Waals surface area contributed by atoms with Crippen molar-refractivity contribution in [3.8, 4) is 0 Å². The smallest absolute Gasteiger partial charge is 0.0426 e. The second kappa shape index (κ2) is 7.16. The SMILES string of the molecule is CCC=C(C)N(CC)CC1=CC=C(C)CC=C1. The van der Waals surface area contributed by atoms with Crippen LogP contribution in [0.3, 0.4) is 0 Å². The van der Waals surface area contributed by atoms with Gasteiger partial charge in [-0.15, -0.1) is 0 Å². The van der Waals surface area contributed by atoms with Crippen LogP contribution < -0.4 is 0 Å². The van der Waals surface area contributed by atoms with Gasteiger partial charge in [0.25, 0.3) is 0 Å². The zero-order valence-corrected chi connectivity index (χ0v) is 11.7. The fourth-order valence-electron chi connectivity index (χ4n) is 2.01. The maximum atomic E-state index is 2.42. The molecule has 0 aliphatic heterocycles. The van der Waals surface area contributed by atoms with E-state index in [1.807, 2.05) is 0 Å². The van der Waals surface area contributed by atoms with E-state index in [4.69, 9.17) is 0 Å². The fraction of sp³-hybridized carbons (Fsp3) is 0.500. The molecule has 0 aromatic carbocycles. The van der Waals surface area contributed by atoms with Crippen molar-refractivity contribution in [2.75, 3.05) is 13.1 Å². The molecule has 1 heteroatoms. The van der Waals surface area contributed by atoms with Crippen molar-refractivity contribution in [1.82, 2.24) is 4.90 Å². The minimum atomic E-state index is 1.01. The summed E-state index contributed by atoms with van der Waals surface area (Å²) in [6.45, 7) is 10.9. The maximum absolute atomic E-state index is 2.42. The van der Waals surface area contributed by atoms with Gasteiger partial charge in [0.2, 0.25) is 0 Å². The van der Waals surface area contributed by atoms with Crippen LogP contribution in [0, 0.1) is 0 Å². The second-order valence-electron chi connectivity index (χ2n) is 4.63. The first kappa shape index (κ1) is 13.8. The Kier molecular flexibility index (Phi) is 5.82. The normalized spacial score (nSPS) is 16.4. The molecule has 0 aromatic heterocycles. The number of hydrogen-bond acceptors (Lipinski definition) is 1. The van der Waals surface area contributed by atoms with Crippen LogP contribution in [0.2, 0.25) is 0 Å². The molecule has 0 aromatic rings. The van der Waals surface area contributed by atoms with Gasteiger partial charge in [-0.3, -0.25) is 0 Å². The summed E-state index contributed by atoms with van der Waals surface area (Å²) in [7, 11) is 0. The lowest BCUT2D eigenvalue weighted by molar-refractivity contribution is 0.394. The van der Waals surface area contributed by atoms with Crippen molar-refractivity contribution >= 4 is 0 Å². The number of allylic oxidation sites excluding steroid dienone is 6. The van der Waals surface area contributed by atoms with E-state index in [0.717, 1.165) is 25.9 Å². The molecule has 1 rings (SSSR count). The number of nitrogens with zero attached hydrogens (tertiary/aromatic N) is 1. The predicted molar refractivity (Wildman–Crippen MR) is 76.9 cm³/mol. The Morgan fingerprint density at radius 3 is 2.76 bits per heavy atom. The molecular formula is C16H25N. The maximum Gasteiger partial charge on any atom is 0.0426 e. The van der Waals surface area contributed by atoms with Crippen LogP contribution in [0.4, 0.5) is 0 Å². The van der Waals surface area contributed by atoms with Gasteiger partial charge in [-0.2, -0.15) is 0 Å². The first-order valence-corrected chi connectivity index (χ1v) is 6.62. The molecule has 94 valence electrons. The van der Waals surface area contributed by atoms with Gasteiger partial charge in [0.15, 0.2) is 0 Å². The van der Waals surface area contributed by atoms with E-state index in [1.165, 1.54) is 16.8 Å². The van der Waals surface area contributed by atoms with Crippen LogP contribution in [-0.2, 0) is 0 Å².